The molecule has 2 aliphatic heterocycles. The zero-order valence-electron chi connectivity index (χ0n) is 15.6. The van der Waals surface area contributed by atoms with Crippen molar-refractivity contribution in [2.45, 2.75) is 39.3 Å². The number of nitrogens with zero attached hydrogens (tertiary/aromatic N) is 3. The van der Waals surface area contributed by atoms with Gasteiger partial charge in [-0.2, -0.15) is 0 Å². The summed E-state index contributed by atoms with van der Waals surface area (Å²) in [5, 5.41) is 0. The third-order valence-corrected chi connectivity index (χ3v) is 5.57. The highest BCUT2D eigenvalue weighted by Gasteiger charge is 2.55. The van der Waals surface area contributed by atoms with E-state index in [0.717, 1.165) is 5.84 Å². The second kappa shape index (κ2) is 5.48. The summed E-state index contributed by atoms with van der Waals surface area (Å²) in [6, 6.07) is 17.4. The Labute approximate surface area is 150 Å². The summed E-state index contributed by atoms with van der Waals surface area (Å²) < 4.78 is 0. The molecule has 1 saturated heterocycles. The van der Waals surface area contributed by atoms with Crippen LogP contribution in [0, 0.1) is 6.92 Å². The van der Waals surface area contributed by atoms with Gasteiger partial charge >= 0.3 is 0 Å². The molecule has 3 heteroatoms. The van der Waals surface area contributed by atoms with Crippen molar-refractivity contribution in [2.75, 3.05) is 16.8 Å². The number of fused-ring (bicyclic) bond motifs is 3. The van der Waals surface area contributed by atoms with Crippen molar-refractivity contribution < 1.29 is 0 Å². The van der Waals surface area contributed by atoms with Gasteiger partial charge in [-0.15, -0.1) is 0 Å². The van der Waals surface area contributed by atoms with E-state index in [9.17, 15) is 0 Å². The summed E-state index contributed by atoms with van der Waals surface area (Å²) in [4.78, 5) is 9.57. The zero-order chi connectivity index (χ0) is 17.8. The molecule has 0 radical (unpaired) electrons. The van der Waals surface area contributed by atoms with Gasteiger partial charge in [0.15, 0.2) is 5.84 Å². The fraction of sp³-hybridized carbons (Fsp3) is 0.318. The van der Waals surface area contributed by atoms with E-state index in [1.165, 1.54) is 28.2 Å². The minimum atomic E-state index is -0.0143. The average Bonchev–Trinajstić information content (AvgIpc) is 3.07. The first-order valence-electron chi connectivity index (χ1n) is 8.89. The predicted octanol–water partition coefficient (Wildman–Crippen LogP) is 4.87. The van der Waals surface area contributed by atoms with Crippen LogP contribution in [0.15, 0.2) is 65.3 Å². The highest BCUT2D eigenvalue weighted by atomic mass is 15.5. The molecule has 0 spiro atoms. The molecule has 2 heterocycles. The lowest BCUT2D eigenvalue weighted by molar-refractivity contribution is 0.450. The van der Waals surface area contributed by atoms with Crippen LogP contribution < -0.4 is 9.80 Å². The maximum atomic E-state index is 4.68. The topological polar surface area (TPSA) is 18.8 Å². The van der Waals surface area contributed by atoms with Crippen LogP contribution in [0.25, 0.3) is 0 Å². The quantitative estimate of drug-likeness (QED) is 0.742. The van der Waals surface area contributed by atoms with Crippen molar-refractivity contribution in [1.82, 2.24) is 0 Å². The van der Waals surface area contributed by atoms with Gasteiger partial charge in [0.25, 0.3) is 0 Å². The summed E-state index contributed by atoms with van der Waals surface area (Å²) in [6.07, 6.45) is 2.38. The molecule has 1 fully saturated rings. The number of anilines is 2. The van der Waals surface area contributed by atoms with Gasteiger partial charge < -0.3 is 9.80 Å². The SMILES string of the molecule is C/C=C1\C(=N/C)N2c3ccccc3C(C)(C)C2N1c1ccccc1C. The molecule has 25 heavy (non-hydrogen) atoms. The van der Waals surface area contributed by atoms with Gasteiger partial charge in [0.05, 0.1) is 5.70 Å². The predicted molar refractivity (Wildman–Crippen MR) is 107 cm³/mol. The van der Waals surface area contributed by atoms with Crippen LogP contribution in [-0.4, -0.2) is 19.0 Å². The van der Waals surface area contributed by atoms with E-state index in [-0.39, 0.29) is 11.6 Å². The largest absolute Gasteiger partial charge is 0.316 e. The summed E-state index contributed by atoms with van der Waals surface area (Å²) in [6.45, 7) is 8.97. The number of rotatable bonds is 1. The van der Waals surface area contributed by atoms with E-state index in [1.54, 1.807) is 0 Å². The molecule has 0 amide bonds. The Kier molecular flexibility index (Phi) is 3.50. The summed E-state index contributed by atoms with van der Waals surface area (Å²) in [5.41, 5.74) is 6.36. The number of allylic oxidation sites excluding steroid dienone is 1. The molecule has 2 aliphatic rings. The first kappa shape index (κ1) is 15.9. The smallest absolute Gasteiger partial charge is 0.153 e. The highest BCUT2D eigenvalue weighted by Crippen LogP contribution is 2.52. The van der Waals surface area contributed by atoms with E-state index in [0.29, 0.717) is 0 Å². The number of benzene rings is 2. The highest BCUT2D eigenvalue weighted by molar-refractivity contribution is 6.17. The second-order valence-electron chi connectivity index (χ2n) is 7.36. The first-order chi connectivity index (χ1) is 12.0. The molecule has 4 rings (SSSR count). The molecule has 3 nitrogen and oxygen atoms in total. The molecule has 0 saturated carbocycles. The van der Waals surface area contributed by atoms with Gasteiger partial charge in [-0.25, -0.2) is 0 Å². The second-order valence-corrected chi connectivity index (χ2v) is 7.36. The monoisotopic (exact) mass is 331 g/mol. The Balaban J connectivity index is 2.00. The molecule has 128 valence electrons. The van der Waals surface area contributed by atoms with Crippen molar-refractivity contribution in [1.29, 1.82) is 0 Å². The molecule has 0 aromatic heterocycles. The van der Waals surface area contributed by atoms with Crippen LogP contribution in [0.5, 0.6) is 0 Å². The zero-order valence-corrected chi connectivity index (χ0v) is 15.6. The molecular formula is C22H25N3. The number of para-hydroxylation sites is 2. The fourth-order valence-electron chi connectivity index (χ4n) is 4.44. The number of aryl methyl sites for hydroxylation is 1. The van der Waals surface area contributed by atoms with Gasteiger partial charge in [0.1, 0.15) is 6.17 Å². The lowest BCUT2D eigenvalue weighted by Crippen LogP contribution is -2.47. The lowest BCUT2D eigenvalue weighted by atomic mass is 9.83. The Hall–Kier alpha value is -2.55. The van der Waals surface area contributed by atoms with Crippen LogP contribution in [0.2, 0.25) is 0 Å². The molecule has 0 aliphatic carbocycles. The lowest BCUT2D eigenvalue weighted by Gasteiger charge is -2.36. The molecule has 0 N–H and O–H groups in total. The summed E-state index contributed by atoms with van der Waals surface area (Å²) in [5.74, 6) is 1.05. The number of hydrogen-bond acceptors (Lipinski definition) is 2. The third kappa shape index (κ3) is 2.02. The van der Waals surface area contributed by atoms with E-state index < -0.39 is 0 Å². The normalized spacial score (nSPS) is 24.1. The average molecular weight is 331 g/mol. The summed E-state index contributed by atoms with van der Waals surface area (Å²) >= 11 is 0. The maximum absolute atomic E-state index is 4.68. The van der Waals surface area contributed by atoms with E-state index in [4.69, 9.17) is 0 Å². The maximum Gasteiger partial charge on any atom is 0.153 e. The van der Waals surface area contributed by atoms with Gasteiger partial charge in [-0.05, 0) is 37.1 Å². The van der Waals surface area contributed by atoms with Gasteiger partial charge in [0.2, 0.25) is 0 Å². The van der Waals surface area contributed by atoms with E-state index in [2.05, 4.69) is 97.1 Å². The molecule has 1 atom stereocenters. The van der Waals surface area contributed by atoms with Crippen LogP contribution in [0.4, 0.5) is 11.4 Å². The van der Waals surface area contributed by atoms with Crippen LogP contribution >= 0.6 is 0 Å². The van der Waals surface area contributed by atoms with Crippen molar-refractivity contribution in [3.63, 3.8) is 0 Å². The van der Waals surface area contributed by atoms with Crippen molar-refractivity contribution in [2.24, 2.45) is 4.99 Å². The molecular weight excluding hydrogens is 306 g/mol. The Morgan fingerprint density at radius 3 is 2.24 bits per heavy atom. The molecule has 2 aromatic rings. The Morgan fingerprint density at radius 1 is 0.960 bits per heavy atom. The van der Waals surface area contributed by atoms with E-state index in [1.807, 2.05) is 7.05 Å². The van der Waals surface area contributed by atoms with E-state index >= 15 is 0 Å². The van der Waals surface area contributed by atoms with Crippen LogP contribution in [0.1, 0.15) is 31.9 Å². The van der Waals surface area contributed by atoms with Crippen molar-refractivity contribution in [3.05, 3.63) is 71.4 Å². The molecule has 2 aromatic carbocycles. The minimum absolute atomic E-state index is 0.0143. The van der Waals surface area contributed by atoms with Crippen LogP contribution in [0.3, 0.4) is 0 Å². The molecule has 0 bridgehead atoms. The Bertz CT molecular complexity index is 892. The fourth-order valence-corrected chi connectivity index (χ4v) is 4.44. The van der Waals surface area contributed by atoms with Crippen molar-refractivity contribution >= 4 is 17.2 Å². The van der Waals surface area contributed by atoms with Gasteiger partial charge in [-0.3, -0.25) is 4.99 Å². The number of hydrogen-bond donors (Lipinski definition) is 0. The summed E-state index contributed by atoms with van der Waals surface area (Å²) in [7, 11) is 1.89. The first-order valence-corrected chi connectivity index (χ1v) is 8.89. The number of amidine groups is 1. The van der Waals surface area contributed by atoms with Gasteiger partial charge in [-0.1, -0.05) is 56.3 Å². The van der Waals surface area contributed by atoms with Gasteiger partial charge in [0, 0.05) is 23.8 Å². The third-order valence-electron chi connectivity index (χ3n) is 5.57. The van der Waals surface area contributed by atoms with Crippen molar-refractivity contribution in [3.8, 4) is 0 Å². The number of aliphatic imine (C=N–C) groups is 1. The standard InChI is InChI=1S/C22H25N3/c1-6-17-20(23-5)25-19-14-10-8-12-16(19)22(3,4)21(25)24(17)18-13-9-7-11-15(18)2/h6-14,21H,1-5H3/b17-6+,23-20+. The Morgan fingerprint density at radius 2 is 1.60 bits per heavy atom. The minimum Gasteiger partial charge on any atom is -0.316 e. The van der Waals surface area contributed by atoms with Crippen LogP contribution in [-0.2, 0) is 5.41 Å². The molecule has 1 unspecified atom stereocenters.